The lowest BCUT2D eigenvalue weighted by Gasteiger charge is -2.43. The Labute approximate surface area is 219 Å². The number of carboxylic acid groups (broad SMARTS) is 1. The maximum Gasteiger partial charge on any atom is 0.460 e. The highest BCUT2D eigenvalue weighted by Gasteiger charge is 2.96. The molecule has 6 nitrogen and oxygen atoms in total. The summed E-state index contributed by atoms with van der Waals surface area (Å²) in [7, 11) is -3.42. The third kappa shape index (κ3) is 6.42. The Morgan fingerprint density at radius 1 is 0.634 bits per heavy atom. The number of hydrogen-bond acceptors (Lipinski definition) is 3. The van der Waals surface area contributed by atoms with Crippen molar-refractivity contribution in [3.8, 4) is 0 Å². The number of carboxylic acids is 1. The number of aliphatic carboxylic acids is 1. The Hall–Kier alpha value is -1.85. The van der Waals surface area contributed by atoms with Gasteiger partial charge in [0.05, 0.1) is 34.1 Å². The molecule has 0 aliphatic heterocycles. The summed E-state index contributed by atoms with van der Waals surface area (Å²) in [5, 5.41) is 0.873. The minimum atomic E-state index is -8.93. The van der Waals surface area contributed by atoms with Crippen LogP contribution in [0.4, 0.5) is 74.6 Å². The van der Waals surface area contributed by atoms with Crippen molar-refractivity contribution in [2.45, 2.75) is 59.8 Å². The molecule has 0 aromatic rings. The molecule has 0 fully saturated rings. The van der Waals surface area contributed by atoms with Crippen molar-refractivity contribution in [3.05, 3.63) is 0 Å². The summed E-state index contributed by atoms with van der Waals surface area (Å²) >= 11 is 0. The summed E-state index contributed by atoms with van der Waals surface area (Å²) < 4.78 is 252. The van der Waals surface area contributed by atoms with Gasteiger partial charge in [0, 0.05) is 19.5 Å². The maximum atomic E-state index is 14.4. The van der Waals surface area contributed by atoms with Crippen molar-refractivity contribution in [2.75, 3.05) is 40.8 Å². The molecule has 0 spiro atoms. The molecule has 0 aliphatic carbocycles. The molecule has 41 heavy (non-hydrogen) atoms. The van der Waals surface area contributed by atoms with E-state index in [4.69, 9.17) is 5.11 Å². The Kier molecular flexibility index (Phi) is 10.5. The van der Waals surface area contributed by atoms with Gasteiger partial charge in [-0.2, -0.15) is 78.9 Å². The topological polar surface area (TPSA) is 74.7 Å². The van der Waals surface area contributed by atoms with E-state index in [-0.39, 0.29) is 11.0 Å². The first-order chi connectivity index (χ1) is 17.5. The molecule has 1 N–H and O–H groups in total. The highest BCUT2D eigenvalue weighted by atomic mass is 32.2. The summed E-state index contributed by atoms with van der Waals surface area (Å²) in [5.74, 6) is -54.2. The number of sulfonamides is 1. The Morgan fingerprint density at radius 3 is 1.29 bits per heavy atom. The van der Waals surface area contributed by atoms with Gasteiger partial charge in [0.1, 0.15) is 0 Å². The smallest absolute Gasteiger partial charge is 0.460 e. The minimum Gasteiger partial charge on any atom is -0.481 e. The summed E-state index contributed by atoms with van der Waals surface area (Å²) in [6.45, 7) is -3.43. The Bertz CT molecular complexity index is 1050. The minimum absolute atomic E-state index is 0.129. The normalized spacial score (nSPS) is 15.9. The molecule has 246 valence electrons. The van der Waals surface area contributed by atoms with Crippen LogP contribution in [0.25, 0.3) is 0 Å². The third-order valence-electron chi connectivity index (χ3n) is 5.17. The molecule has 0 saturated carbocycles. The molecule has 0 aliphatic rings. The maximum absolute atomic E-state index is 14.4. The predicted molar refractivity (Wildman–Crippen MR) is 101 cm³/mol. The fourth-order valence-electron chi connectivity index (χ4n) is 2.77. The van der Waals surface area contributed by atoms with Crippen molar-refractivity contribution in [2.24, 2.45) is 0 Å². The first kappa shape index (κ1) is 39.1. The van der Waals surface area contributed by atoms with Crippen LogP contribution in [0.15, 0.2) is 0 Å². The molecular weight excluding hydrogens is 651 g/mol. The molecule has 0 heterocycles. The molecular formula is C17H20F17N2O4S+. The van der Waals surface area contributed by atoms with E-state index in [0.717, 1.165) is 0 Å². The Balaban J connectivity index is 6.99. The second kappa shape index (κ2) is 11.0. The highest BCUT2D eigenvalue weighted by Crippen LogP contribution is 2.64. The van der Waals surface area contributed by atoms with Crippen LogP contribution in [0.3, 0.4) is 0 Å². The first-order valence-corrected chi connectivity index (χ1v) is 11.7. The summed E-state index contributed by atoms with van der Waals surface area (Å²) in [6.07, 6.45) is -10.1. The van der Waals surface area contributed by atoms with Gasteiger partial charge in [-0.1, -0.05) is 0 Å². The lowest BCUT2D eigenvalue weighted by atomic mass is 9.91. The number of rotatable bonds is 15. The molecule has 0 radical (unpaired) electrons. The van der Waals surface area contributed by atoms with E-state index in [0.29, 0.717) is 0 Å². The zero-order valence-corrected chi connectivity index (χ0v) is 21.3. The van der Waals surface area contributed by atoms with Gasteiger partial charge in [0.2, 0.25) is 0 Å². The monoisotopic (exact) mass is 671 g/mol. The Morgan fingerprint density at radius 2 is 0.976 bits per heavy atom. The molecule has 0 saturated heterocycles. The van der Waals surface area contributed by atoms with Gasteiger partial charge in [0.25, 0.3) is 10.0 Å². The number of quaternary nitrogens is 1. The lowest BCUT2D eigenvalue weighted by molar-refractivity contribution is -0.870. The average Bonchev–Trinajstić information content (AvgIpc) is 2.73. The van der Waals surface area contributed by atoms with E-state index in [1.54, 1.807) is 0 Å². The SMILES string of the molecule is C[N+](C)(C)CCCN(CCC(=O)O)S(=O)(=O)C(F)(F)C(F)(F)C(F)(F)C(F)(F)C(F)(F)C(F)(F)C(F)(F)C(F)(F)F. The van der Waals surface area contributed by atoms with Crippen molar-refractivity contribution >= 4 is 16.0 Å². The van der Waals surface area contributed by atoms with Gasteiger partial charge >= 0.3 is 52.9 Å². The van der Waals surface area contributed by atoms with E-state index < -0.39 is 93.2 Å². The molecule has 0 unspecified atom stereocenters. The van der Waals surface area contributed by atoms with E-state index in [2.05, 4.69) is 0 Å². The lowest BCUT2D eigenvalue weighted by Crippen LogP contribution is -2.75. The molecule has 0 amide bonds. The fraction of sp³-hybridized carbons (Fsp3) is 0.941. The standard InChI is InChI=1S/C17H19F17N2O4S/c1-36(2,3)8-4-6-35(7-5-9(37)38)41(39,40)17(33,34)15(28,29)13(24,25)11(20,21)10(18,19)12(22,23)14(26,27)16(30,31)32/h4-8H2,1-3H3/p+1. The molecule has 0 atom stereocenters. The van der Waals surface area contributed by atoms with Crippen molar-refractivity contribution in [1.29, 1.82) is 0 Å². The largest absolute Gasteiger partial charge is 0.481 e. The van der Waals surface area contributed by atoms with Crippen LogP contribution >= 0.6 is 0 Å². The van der Waals surface area contributed by atoms with E-state index in [1.165, 1.54) is 21.1 Å². The second-order valence-corrected chi connectivity index (χ2v) is 11.4. The summed E-state index contributed by atoms with van der Waals surface area (Å²) in [5.41, 5.74) is 0. The van der Waals surface area contributed by atoms with Gasteiger partial charge in [-0.3, -0.25) is 4.79 Å². The molecule has 0 aromatic heterocycles. The van der Waals surface area contributed by atoms with Crippen molar-refractivity contribution in [1.82, 2.24) is 4.31 Å². The molecule has 0 aromatic carbocycles. The highest BCUT2D eigenvalue weighted by molar-refractivity contribution is 7.90. The van der Waals surface area contributed by atoms with Gasteiger partial charge < -0.3 is 9.59 Å². The number of carbonyl (C=O) groups is 1. The quantitative estimate of drug-likeness (QED) is 0.193. The number of nitrogens with zero attached hydrogens (tertiary/aromatic N) is 2. The van der Waals surface area contributed by atoms with Crippen LogP contribution in [0.1, 0.15) is 12.8 Å². The molecule has 0 bridgehead atoms. The zero-order valence-electron chi connectivity index (χ0n) is 20.4. The van der Waals surface area contributed by atoms with Gasteiger partial charge in [0.15, 0.2) is 0 Å². The fourth-order valence-corrected chi connectivity index (χ4v) is 4.25. The van der Waals surface area contributed by atoms with Gasteiger partial charge in [-0.05, 0) is 0 Å². The van der Waals surface area contributed by atoms with E-state index in [9.17, 15) is 87.8 Å². The van der Waals surface area contributed by atoms with Crippen LogP contribution in [-0.2, 0) is 14.8 Å². The van der Waals surface area contributed by atoms with E-state index >= 15 is 0 Å². The van der Waals surface area contributed by atoms with Crippen LogP contribution < -0.4 is 0 Å². The number of halogens is 17. The molecule has 24 heteroatoms. The van der Waals surface area contributed by atoms with Crippen LogP contribution in [0, 0.1) is 0 Å². The van der Waals surface area contributed by atoms with Crippen molar-refractivity contribution < 1.29 is 97.4 Å². The van der Waals surface area contributed by atoms with Crippen LogP contribution in [0.5, 0.6) is 0 Å². The summed E-state index contributed by atoms with van der Waals surface area (Å²) in [4.78, 5) is 10.7. The van der Waals surface area contributed by atoms with E-state index in [1.807, 2.05) is 0 Å². The number of hydrogen-bond donors (Lipinski definition) is 1. The van der Waals surface area contributed by atoms with Gasteiger partial charge in [-0.15, -0.1) is 0 Å². The molecule has 0 rings (SSSR count). The predicted octanol–water partition coefficient (Wildman–Crippen LogP) is 5.16. The van der Waals surface area contributed by atoms with Crippen molar-refractivity contribution in [3.63, 3.8) is 0 Å². The van der Waals surface area contributed by atoms with Gasteiger partial charge in [-0.25, -0.2) is 8.42 Å². The van der Waals surface area contributed by atoms with Crippen LogP contribution in [-0.4, -0.2) is 116 Å². The zero-order chi connectivity index (χ0) is 33.7. The first-order valence-electron chi connectivity index (χ1n) is 10.3. The summed E-state index contributed by atoms with van der Waals surface area (Å²) in [6, 6.07) is 0. The number of alkyl halides is 17. The second-order valence-electron chi connectivity index (χ2n) is 9.38. The third-order valence-corrected chi connectivity index (χ3v) is 7.12. The van der Waals surface area contributed by atoms with Crippen LogP contribution in [0.2, 0.25) is 0 Å². The average molecular weight is 671 g/mol.